The van der Waals surface area contributed by atoms with Crippen LogP contribution in [0.2, 0.25) is 0 Å². The second-order valence-electron chi connectivity index (χ2n) is 6.74. The van der Waals surface area contributed by atoms with Crippen LogP contribution in [0.3, 0.4) is 0 Å². The van der Waals surface area contributed by atoms with Gasteiger partial charge in [0.05, 0.1) is 11.4 Å². The SMILES string of the molecule is CC1(C)CCCC1C(=O)N1CC/C(=N/O)c2ccccc21. The van der Waals surface area contributed by atoms with E-state index in [2.05, 4.69) is 19.0 Å². The standard InChI is InChI=1S/C17H22N2O2/c1-17(2)10-5-7-13(17)16(20)19-11-9-14(18-21)12-6-3-4-8-15(12)19/h3-4,6,8,13,21H,5,7,9-11H2,1-2H3/b18-14-. The number of oxime groups is 1. The predicted molar refractivity (Wildman–Crippen MR) is 82.9 cm³/mol. The Balaban J connectivity index is 1.95. The van der Waals surface area contributed by atoms with Crippen LogP contribution in [-0.4, -0.2) is 23.4 Å². The molecule has 1 saturated carbocycles. The Morgan fingerprint density at radius 2 is 2.14 bits per heavy atom. The van der Waals surface area contributed by atoms with Crippen LogP contribution >= 0.6 is 0 Å². The molecule has 4 heteroatoms. The van der Waals surface area contributed by atoms with E-state index >= 15 is 0 Å². The molecule has 21 heavy (non-hydrogen) atoms. The molecule has 1 N–H and O–H groups in total. The van der Waals surface area contributed by atoms with Crippen molar-refractivity contribution < 1.29 is 10.0 Å². The van der Waals surface area contributed by atoms with Gasteiger partial charge in [-0.15, -0.1) is 0 Å². The minimum absolute atomic E-state index is 0.0807. The Bertz CT molecular complexity index is 592. The van der Waals surface area contributed by atoms with E-state index in [1.807, 2.05) is 29.2 Å². The first kappa shape index (κ1) is 14.1. The minimum atomic E-state index is 0.0807. The third kappa shape index (κ3) is 2.33. The average Bonchev–Trinajstić information content (AvgIpc) is 2.85. The number of hydrogen-bond donors (Lipinski definition) is 1. The van der Waals surface area contributed by atoms with Crippen molar-refractivity contribution in [1.82, 2.24) is 0 Å². The lowest BCUT2D eigenvalue weighted by molar-refractivity contribution is -0.124. The molecule has 2 aliphatic rings. The predicted octanol–water partition coefficient (Wildman–Crippen LogP) is 3.43. The number of hydrogen-bond acceptors (Lipinski definition) is 3. The van der Waals surface area contributed by atoms with Crippen molar-refractivity contribution >= 4 is 17.3 Å². The van der Waals surface area contributed by atoms with Crippen molar-refractivity contribution in [1.29, 1.82) is 0 Å². The van der Waals surface area contributed by atoms with E-state index in [-0.39, 0.29) is 17.2 Å². The molecule has 3 rings (SSSR count). The van der Waals surface area contributed by atoms with Gasteiger partial charge >= 0.3 is 0 Å². The van der Waals surface area contributed by atoms with Crippen molar-refractivity contribution in [3.8, 4) is 0 Å². The van der Waals surface area contributed by atoms with E-state index in [9.17, 15) is 4.79 Å². The van der Waals surface area contributed by atoms with Crippen molar-refractivity contribution in [3.63, 3.8) is 0 Å². The highest BCUT2D eigenvalue weighted by Crippen LogP contribution is 2.44. The lowest BCUT2D eigenvalue weighted by atomic mass is 9.80. The Morgan fingerprint density at radius 1 is 1.38 bits per heavy atom. The molecule has 1 aliphatic carbocycles. The third-order valence-electron chi connectivity index (χ3n) is 5.02. The van der Waals surface area contributed by atoms with Crippen molar-refractivity contribution in [2.24, 2.45) is 16.5 Å². The third-order valence-corrected chi connectivity index (χ3v) is 5.02. The van der Waals surface area contributed by atoms with Crippen LogP contribution in [0.1, 0.15) is 45.1 Å². The van der Waals surface area contributed by atoms with Gasteiger partial charge < -0.3 is 10.1 Å². The normalized spacial score (nSPS) is 25.9. The summed E-state index contributed by atoms with van der Waals surface area (Å²) in [4.78, 5) is 14.9. The zero-order valence-electron chi connectivity index (χ0n) is 12.7. The summed E-state index contributed by atoms with van der Waals surface area (Å²) in [6.07, 6.45) is 3.82. The molecule has 4 nitrogen and oxygen atoms in total. The quantitative estimate of drug-likeness (QED) is 0.635. The largest absolute Gasteiger partial charge is 0.411 e. The molecule has 1 unspecified atom stereocenters. The number of anilines is 1. The molecule has 1 fully saturated rings. The van der Waals surface area contributed by atoms with Crippen LogP contribution in [0.25, 0.3) is 0 Å². The van der Waals surface area contributed by atoms with Gasteiger partial charge in [0.25, 0.3) is 0 Å². The summed E-state index contributed by atoms with van der Waals surface area (Å²) in [5, 5.41) is 12.5. The van der Waals surface area contributed by atoms with Crippen LogP contribution in [0.4, 0.5) is 5.69 Å². The highest BCUT2D eigenvalue weighted by Gasteiger charge is 2.42. The molecule has 0 radical (unpaired) electrons. The molecule has 112 valence electrons. The van der Waals surface area contributed by atoms with Gasteiger partial charge in [-0.25, -0.2) is 0 Å². The zero-order chi connectivity index (χ0) is 15.0. The Hall–Kier alpha value is -1.84. The van der Waals surface area contributed by atoms with Crippen molar-refractivity contribution in [3.05, 3.63) is 29.8 Å². The van der Waals surface area contributed by atoms with Crippen LogP contribution < -0.4 is 4.90 Å². The molecule has 1 heterocycles. The molecular formula is C17H22N2O2. The van der Waals surface area contributed by atoms with Crippen LogP contribution in [0.15, 0.2) is 29.4 Å². The number of fused-ring (bicyclic) bond motifs is 1. The summed E-state index contributed by atoms with van der Waals surface area (Å²) >= 11 is 0. The fraction of sp³-hybridized carbons (Fsp3) is 0.529. The fourth-order valence-corrected chi connectivity index (χ4v) is 3.73. The van der Waals surface area contributed by atoms with E-state index in [0.717, 1.165) is 30.5 Å². The van der Waals surface area contributed by atoms with E-state index < -0.39 is 0 Å². The summed E-state index contributed by atoms with van der Waals surface area (Å²) in [6, 6.07) is 7.71. The molecular weight excluding hydrogens is 264 g/mol. The number of amides is 1. The van der Waals surface area contributed by atoms with Crippen LogP contribution in [0.5, 0.6) is 0 Å². The first-order valence-electron chi connectivity index (χ1n) is 7.66. The number of carbonyl (C=O) groups is 1. The maximum Gasteiger partial charge on any atom is 0.230 e. The molecule has 0 aromatic heterocycles. The zero-order valence-corrected chi connectivity index (χ0v) is 12.7. The molecule has 1 atom stereocenters. The van der Waals surface area contributed by atoms with Crippen LogP contribution in [0, 0.1) is 11.3 Å². The molecule has 1 aromatic rings. The molecule has 0 spiro atoms. The summed E-state index contributed by atoms with van der Waals surface area (Å²) in [7, 11) is 0. The Labute approximate surface area is 125 Å². The first-order valence-corrected chi connectivity index (χ1v) is 7.66. The van der Waals surface area contributed by atoms with Gasteiger partial charge in [0, 0.05) is 24.4 Å². The van der Waals surface area contributed by atoms with Gasteiger partial charge in [-0.1, -0.05) is 43.6 Å². The van der Waals surface area contributed by atoms with Crippen molar-refractivity contribution in [2.45, 2.75) is 39.5 Å². The number of para-hydroxylation sites is 1. The maximum absolute atomic E-state index is 13.0. The summed E-state index contributed by atoms with van der Waals surface area (Å²) in [6.45, 7) is 4.99. The van der Waals surface area contributed by atoms with E-state index in [1.54, 1.807) is 0 Å². The van der Waals surface area contributed by atoms with Gasteiger partial charge in [-0.3, -0.25) is 4.79 Å². The van der Waals surface area contributed by atoms with E-state index in [4.69, 9.17) is 5.21 Å². The van der Waals surface area contributed by atoms with Gasteiger partial charge in [0.2, 0.25) is 5.91 Å². The Kier molecular flexibility index (Phi) is 3.47. The number of rotatable bonds is 1. The average molecular weight is 286 g/mol. The van der Waals surface area contributed by atoms with E-state index in [1.165, 1.54) is 0 Å². The maximum atomic E-state index is 13.0. The molecule has 1 amide bonds. The minimum Gasteiger partial charge on any atom is -0.411 e. The smallest absolute Gasteiger partial charge is 0.230 e. The van der Waals surface area contributed by atoms with Crippen molar-refractivity contribution in [2.75, 3.05) is 11.4 Å². The number of nitrogens with zero attached hydrogens (tertiary/aromatic N) is 2. The second-order valence-corrected chi connectivity index (χ2v) is 6.74. The highest BCUT2D eigenvalue weighted by atomic mass is 16.4. The molecule has 0 bridgehead atoms. The lowest BCUT2D eigenvalue weighted by Gasteiger charge is -2.35. The highest BCUT2D eigenvalue weighted by molar-refractivity contribution is 6.11. The fourth-order valence-electron chi connectivity index (χ4n) is 3.73. The number of carbonyl (C=O) groups excluding carboxylic acids is 1. The summed E-state index contributed by atoms with van der Waals surface area (Å²) in [5.74, 6) is 0.320. The topological polar surface area (TPSA) is 52.9 Å². The van der Waals surface area contributed by atoms with Gasteiger partial charge in [-0.2, -0.15) is 0 Å². The summed E-state index contributed by atoms with van der Waals surface area (Å²) < 4.78 is 0. The summed E-state index contributed by atoms with van der Waals surface area (Å²) in [5.41, 5.74) is 2.50. The molecule has 1 aliphatic heterocycles. The lowest BCUT2D eigenvalue weighted by Crippen LogP contribution is -2.43. The molecule has 0 saturated heterocycles. The monoisotopic (exact) mass is 286 g/mol. The van der Waals surface area contributed by atoms with Gasteiger partial charge in [0.15, 0.2) is 0 Å². The van der Waals surface area contributed by atoms with E-state index in [0.29, 0.717) is 18.7 Å². The molecule has 1 aromatic carbocycles. The van der Waals surface area contributed by atoms with Gasteiger partial charge in [0.1, 0.15) is 0 Å². The van der Waals surface area contributed by atoms with Gasteiger partial charge in [-0.05, 0) is 24.3 Å². The first-order chi connectivity index (χ1) is 10.0. The van der Waals surface area contributed by atoms with Crippen LogP contribution in [-0.2, 0) is 4.79 Å². The Morgan fingerprint density at radius 3 is 2.81 bits per heavy atom. The second kappa shape index (κ2) is 5.17. The number of benzene rings is 1.